The third-order valence-corrected chi connectivity index (χ3v) is 7.01. The van der Waals surface area contributed by atoms with Gasteiger partial charge in [-0.1, -0.05) is 0 Å². The minimum absolute atomic E-state index is 0.0469. The molecule has 186 valence electrons. The summed E-state index contributed by atoms with van der Waals surface area (Å²) in [6.45, 7) is 4.13. The van der Waals surface area contributed by atoms with Gasteiger partial charge in [-0.3, -0.25) is 9.59 Å². The molecule has 2 amide bonds. The van der Waals surface area contributed by atoms with E-state index in [2.05, 4.69) is 5.32 Å². The van der Waals surface area contributed by atoms with E-state index in [-0.39, 0.29) is 35.3 Å². The van der Waals surface area contributed by atoms with Crippen LogP contribution in [0.1, 0.15) is 41.4 Å². The molecule has 2 aliphatic heterocycles. The molecule has 1 aromatic carbocycles. The number of anilines is 1. The number of amides is 2. The molecular weight excluding hydrogens is 461 g/mol. The van der Waals surface area contributed by atoms with Crippen LogP contribution in [0.25, 0.3) is 0 Å². The van der Waals surface area contributed by atoms with Crippen molar-refractivity contribution in [2.45, 2.75) is 25.9 Å². The Balaban J connectivity index is 1.47. The van der Waals surface area contributed by atoms with Gasteiger partial charge in [0, 0.05) is 38.4 Å². The first kappa shape index (κ1) is 24.6. The molecule has 1 aromatic heterocycles. The third kappa shape index (κ3) is 5.14. The highest BCUT2D eigenvalue weighted by molar-refractivity contribution is 5.92. The lowest BCUT2D eigenvalue weighted by atomic mass is 9.78. The molecule has 3 heterocycles. The van der Waals surface area contributed by atoms with Gasteiger partial charge in [-0.2, -0.15) is 18.4 Å². The predicted molar refractivity (Wildman–Crippen MR) is 121 cm³/mol. The summed E-state index contributed by atoms with van der Waals surface area (Å²) in [5.74, 6) is -0.352. The lowest BCUT2D eigenvalue weighted by molar-refractivity contribution is -0.137. The number of benzene rings is 1. The number of hydrogen-bond donors (Lipinski definition) is 1. The molecular formula is C25H27F3N4O3. The second-order valence-electron chi connectivity index (χ2n) is 9.02. The van der Waals surface area contributed by atoms with Crippen LogP contribution in [0.15, 0.2) is 41.0 Å². The zero-order chi connectivity index (χ0) is 25.2. The van der Waals surface area contributed by atoms with Crippen molar-refractivity contribution in [2.75, 3.05) is 37.6 Å². The highest BCUT2D eigenvalue weighted by Gasteiger charge is 2.44. The summed E-state index contributed by atoms with van der Waals surface area (Å²) < 4.78 is 45.4. The Bertz CT molecular complexity index is 1100. The van der Waals surface area contributed by atoms with E-state index in [9.17, 15) is 22.8 Å². The van der Waals surface area contributed by atoms with Crippen LogP contribution in [0.3, 0.4) is 0 Å². The van der Waals surface area contributed by atoms with Gasteiger partial charge in [0.1, 0.15) is 0 Å². The summed E-state index contributed by atoms with van der Waals surface area (Å²) in [6, 6.07) is 8.65. The molecule has 2 fully saturated rings. The van der Waals surface area contributed by atoms with Crippen molar-refractivity contribution >= 4 is 17.5 Å². The number of rotatable bonds is 5. The van der Waals surface area contributed by atoms with Crippen molar-refractivity contribution in [1.82, 2.24) is 10.2 Å². The number of nitrogens with zero attached hydrogens (tertiary/aromatic N) is 3. The van der Waals surface area contributed by atoms with Gasteiger partial charge in [0.25, 0.3) is 5.91 Å². The molecule has 2 aliphatic rings. The quantitative estimate of drug-likeness (QED) is 0.689. The molecule has 2 saturated heterocycles. The first-order chi connectivity index (χ1) is 16.7. The van der Waals surface area contributed by atoms with Crippen molar-refractivity contribution in [2.24, 2.45) is 17.8 Å². The maximum atomic E-state index is 13.4. The number of hydrogen-bond acceptors (Lipinski definition) is 5. The molecule has 2 atom stereocenters. The SMILES string of the molecule is CCNC(=O)C1CN(C(=O)c2ccco2)CC1C1CCN(c2ccc(C#N)c(C(F)(F)F)c2)CC1. The van der Waals surface area contributed by atoms with Crippen LogP contribution in [-0.4, -0.2) is 49.4 Å². The average molecular weight is 489 g/mol. The molecule has 1 N–H and O–H groups in total. The predicted octanol–water partition coefficient (Wildman–Crippen LogP) is 3.91. The first-order valence-corrected chi connectivity index (χ1v) is 11.7. The second kappa shape index (κ2) is 10.0. The number of likely N-dealkylation sites (tertiary alicyclic amines) is 1. The van der Waals surface area contributed by atoms with Crippen LogP contribution >= 0.6 is 0 Å². The maximum absolute atomic E-state index is 13.4. The first-order valence-electron chi connectivity index (χ1n) is 11.7. The molecule has 0 aliphatic carbocycles. The van der Waals surface area contributed by atoms with Crippen LogP contribution in [0.4, 0.5) is 18.9 Å². The summed E-state index contributed by atoms with van der Waals surface area (Å²) in [6.07, 6.45) is -1.80. The Morgan fingerprint density at radius 3 is 2.54 bits per heavy atom. The third-order valence-electron chi connectivity index (χ3n) is 7.01. The van der Waals surface area contributed by atoms with E-state index in [0.29, 0.717) is 51.3 Å². The van der Waals surface area contributed by atoms with Gasteiger partial charge in [-0.15, -0.1) is 0 Å². The van der Waals surface area contributed by atoms with Crippen LogP contribution in [0, 0.1) is 29.1 Å². The summed E-state index contributed by atoms with van der Waals surface area (Å²) in [4.78, 5) is 29.2. The number of carbonyl (C=O) groups excluding carboxylic acids is 2. The number of furan rings is 1. The van der Waals surface area contributed by atoms with Crippen LogP contribution < -0.4 is 10.2 Å². The lowest BCUT2D eigenvalue weighted by Gasteiger charge is -2.37. The van der Waals surface area contributed by atoms with E-state index in [1.54, 1.807) is 29.2 Å². The Kier molecular flexibility index (Phi) is 7.05. The Labute approximate surface area is 201 Å². The normalized spacial score (nSPS) is 21.1. The highest BCUT2D eigenvalue weighted by atomic mass is 19.4. The van der Waals surface area contributed by atoms with Gasteiger partial charge in [0.2, 0.25) is 5.91 Å². The standard InChI is InChI=1S/C25H27F3N4O3/c1-2-30-23(33)20-15-32(24(34)22-4-3-11-35-22)14-19(20)16-7-9-31(10-8-16)18-6-5-17(13-29)21(12-18)25(26,27)28/h3-6,11-12,16,19-20H,2,7-10,14-15H2,1H3,(H,30,33). The van der Waals surface area contributed by atoms with Crippen LogP contribution in [-0.2, 0) is 11.0 Å². The monoisotopic (exact) mass is 488 g/mol. The largest absolute Gasteiger partial charge is 0.459 e. The number of nitriles is 1. The topological polar surface area (TPSA) is 89.6 Å². The Morgan fingerprint density at radius 2 is 1.94 bits per heavy atom. The highest BCUT2D eigenvalue weighted by Crippen LogP contribution is 2.39. The van der Waals surface area contributed by atoms with E-state index < -0.39 is 17.3 Å². The molecule has 0 radical (unpaired) electrons. The number of carbonyl (C=O) groups is 2. The Morgan fingerprint density at radius 1 is 1.20 bits per heavy atom. The number of piperidine rings is 1. The summed E-state index contributed by atoms with van der Waals surface area (Å²) in [5, 5.41) is 11.9. The minimum atomic E-state index is -4.60. The van der Waals surface area contributed by atoms with Gasteiger partial charge < -0.3 is 19.5 Å². The minimum Gasteiger partial charge on any atom is -0.459 e. The van der Waals surface area contributed by atoms with Gasteiger partial charge in [-0.05, 0) is 61.9 Å². The average Bonchev–Trinajstić information content (AvgIpc) is 3.54. The van der Waals surface area contributed by atoms with Crippen LogP contribution in [0.5, 0.6) is 0 Å². The zero-order valence-electron chi connectivity index (χ0n) is 19.3. The molecule has 0 bridgehead atoms. The van der Waals surface area contributed by atoms with Gasteiger partial charge in [0.05, 0.1) is 29.4 Å². The number of alkyl halides is 3. The van der Waals surface area contributed by atoms with Gasteiger partial charge in [-0.25, -0.2) is 0 Å². The maximum Gasteiger partial charge on any atom is 0.417 e. The van der Waals surface area contributed by atoms with E-state index in [4.69, 9.17) is 9.68 Å². The molecule has 0 saturated carbocycles. The molecule has 0 spiro atoms. The zero-order valence-corrected chi connectivity index (χ0v) is 19.3. The fourth-order valence-corrected chi connectivity index (χ4v) is 5.26. The van der Waals surface area contributed by atoms with Gasteiger partial charge >= 0.3 is 6.18 Å². The molecule has 35 heavy (non-hydrogen) atoms. The van der Waals surface area contributed by atoms with Crippen molar-refractivity contribution < 1.29 is 27.2 Å². The Hall–Kier alpha value is -3.48. The molecule has 7 nitrogen and oxygen atoms in total. The van der Waals surface area contributed by atoms with Gasteiger partial charge in [0.15, 0.2) is 5.76 Å². The van der Waals surface area contributed by atoms with Crippen molar-refractivity contribution in [3.63, 3.8) is 0 Å². The molecule has 2 unspecified atom stereocenters. The van der Waals surface area contributed by atoms with Crippen molar-refractivity contribution in [3.05, 3.63) is 53.5 Å². The van der Waals surface area contributed by atoms with Crippen molar-refractivity contribution in [3.8, 4) is 6.07 Å². The fraction of sp³-hybridized carbons (Fsp3) is 0.480. The fourth-order valence-electron chi connectivity index (χ4n) is 5.26. The van der Waals surface area contributed by atoms with Crippen molar-refractivity contribution in [1.29, 1.82) is 5.26 Å². The van der Waals surface area contributed by atoms with E-state index in [1.807, 2.05) is 11.8 Å². The van der Waals surface area contributed by atoms with E-state index >= 15 is 0 Å². The lowest BCUT2D eigenvalue weighted by Crippen LogP contribution is -2.41. The number of halogens is 3. The molecule has 4 rings (SSSR count). The summed E-state index contributed by atoms with van der Waals surface area (Å²) >= 11 is 0. The summed E-state index contributed by atoms with van der Waals surface area (Å²) in [7, 11) is 0. The molecule has 10 heteroatoms. The molecule has 2 aromatic rings. The second-order valence-corrected chi connectivity index (χ2v) is 9.02. The summed E-state index contributed by atoms with van der Waals surface area (Å²) in [5.41, 5.74) is -0.900. The number of nitrogens with one attached hydrogen (secondary N) is 1. The van der Waals surface area contributed by atoms with E-state index in [0.717, 1.165) is 6.07 Å². The smallest absolute Gasteiger partial charge is 0.417 e. The van der Waals surface area contributed by atoms with E-state index in [1.165, 1.54) is 12.3 Å². The van der Waals surface area contributed by atoms with Crippen LogP contribution in [0.2, 0.25) is 0 Å².